The van der Waals surface area contributed by atoms with Gasteiger partial charge in [0.05, 0.1) is 0 Å². The predicted molar refractivity (Wildman–Crippen MR) is 97.6 cm³/mol. The van der Waals surface area contributed by atoms with E-state index in [-0.39, 0.29) is 11.9 Å². The molecule has 6 heteroatoms. The number of carbonyl (C=O) groups excluding carboxylic acids is 2. The van der Waals surface area contributed by atoms with Gasteiger partial charge in [-0.2, -0.15) is 0 Å². The first-order chi connectivity index (χ1) is 12.1. The molecule has 0 aromatic heterocycles. The summed E-state index contributed by atoms with van der Waals surface area (Å²) in [6.07, 6.45) is 2.52. The lowest BCUT2D eigenvalue weighted by molar-refractivity contribution is 0.0664. The van der Waals surface area contributed by atoms with Crippen LogP contribution < -0.4 is 5.32 Å². The number of nitrogens with one attached hydrogen (secondary N) is 1. The van der Waals surface area contributed by atoms with Crippen LogP contribution in [0.3, 0.4) is 0 Å². The zero-order valence-electron chi connectivity index (χ0n) is 15.0. The highest BCUT2D eigenvalue weighted by Gasteiger charge is 2.25. The number of hydrogen-bond acceptors (Lipinski definition) is 3. The lowest BCUT2D eigenvalue weighted by atomic mass is 10.2. The van der Waals surface area contributed by atoms with Crippen molar-refractivity contribution in [1.82, 2.24) is 20.0 Å². The first kappa shape index (κ1) is 17.7. The summed E-state index contributed by atoms with van der Waals surface area (Å²) in [5.74, 6) is 0.0447. The molecule has 0 spiro atoms. The molecule has 0 unspecified atom stereocenters. The van der Waals surface area contributed by atoms with Gasteiger partial charge >= 0.3 is 6.03 Å². The smallest absolute Gasteiger partial charge is 0.317 e. The topological polar surface area (TPSA) is 55.9 Å². The third-order valence-corrected chi connectivity index (χ3v) is 5.19. The zero-order valence-corrected chi connectivity index (χ0v) is 15.0. The minimum atomic E-state index is -0.0159. The molecule has 2 aliphatic rings. The lowest BCUT2D eigenvalue weighted by Crippen LogP contribution is -2.54. The lowest BCUT2D eigenvalue weighted by Gasteiger charge is -2.35. The van der Waals surface area contributed by atoms with Gasteiger partial charge in [-0.05, 0) is 45.0 Å². The van der Waals surface area contributed by atoms with Gasteiger partial charge in [-0.25, -0.2) is 4.79 Å². The summed E-state index contributed by atoms with van der Waals surface area (Å²) < 4.78 is 0. The third kappa shape index (κ3) is 4.51. The van der Waals surface area contributed by atoms with Crippen molar-refractivity contribution < 1.29 is 9.59 Å². The third-order valence-electron chi connectivity index (χ3n) is 5.19. The molecule has 2 saturated heterocycles. The van der Waals surface area contributed by atoms with Crippen LogP contribution in [0.1, 0.15) is 30.1 Å². The summed E-state index contributed by atoms with van der Waals surface area (Å²) in [6, 6.07) is 9.69. The monoisotopic (exact) mass is 344 g/mol. The van der Waals surface area contributed by atoms with Crippen molar-refractivity contribution in [2.45, 2.75) is 25.8 Å². The molecular formula is C19H28N4O2. The first-order valence-electron chi connectivity index (χ1n) is 9.26. The molecule has 2 fully saturated rings. The number of rotatable bonds is 4. The number of urea groups is 1. The molecule has 6 nitrogen and oxygen atoms in total. The van der Waals surface area contributed by atoms with E-state index in [4.69, 9.17) is 0 Å². The molecule has 0 radical (unpaired) electrons. The van der Waals surface area contributed by atoms with Crippen LogP contribution in [0.5, 0.6) is 0 Å². The van der Waals surface area contributed by atoms with Crippen molar-refractivity contribution in [3.05, 3.63) is 35.9 Å². The average Bonchev–Trinajstić information content (AvgIpc) is 3.21. The number of hydrogen-bond donors (Lipinski definition) is 1. The maximum Gasteiger partial charge on any atom is 0.317 e. The van der Waals surface area contributed by atoms with Crippen LogP contribution in [0.25, 0.3) is 0 Å². The highest BCUT2D eigenvalue weighted by atomic mass is 16.2. The van der Waals surface area contributed by atoms with E-state index in [0.717, 1.165) is 13.1 Å². The number of likely N-dealkylation sites (tertiary alicyclic amines) is 1. The molecule has 1 aromatic rings. The number of benzene rings is 1. The standard InChI is InChI=1S/C19H28N4O2/c1-16(21-9-5-6-10-21)15-20-19(25)23-13-11-22(12-14-23)18(24)17-7-3-2-4-8-17/h2-4,7-8,16H,5-6,9-15H2,1H3,(H,20,25)/t16-/m1/s1. The van der Waals surface area contributed by atoms with E-state index >= 15 is 0 Å². The van der Waals surface area contributed by atoms with E-state index in [2.05, 4.69) is 17.1 Å². The SMILES string of the molecule is C[C@H](CNC(=O)N1CCN(C(=O)c2ccccc2)CC1)N1CCCC1. The van der Waals surface area contributed by atoms with Crippen LogP contribution in [0.4, 0.5) is 4.79 Å². The number of carbonyl (C=O) groups is 2. The maximum atomic E-state index is 12.4. The Balaban J connectivity index is 1.42. The van der Waals surface area contributed by atoms with Gasteiger partial charge in [-0.15, -0.1) is 0 Å². The molecule has 3 amide bonds. The van der Waals surface area contributed by atoms with Gasteiger partial charge in [-0.1, -0.05) is 18.2 Å². The molecule has 2 heterocycles. The molecule has 0 bridgehead atoms. The Morgan fingerprint density at radius 3 is 2.20 bits per heavy atom. The predicted octanol–water partition coefficient (Wildman–Crippen LogP) is 1.64. The van der Waals surface area contributed by atoms with E-state index in [1.807, 2.05) is 40.1 Å². The molecule has 136 valence electrons. The highest BCUT2D eigenvalue weighted by molar-refractivity contribution is 5.94. The second-order valence-corrected chi connectivity index (χ2v) is 6.92. The Hall–Kier alpha value is -2.08. The molecule has 0 saturated carbocycles. The van der Waals surface area contributed by atoms with Crippen LogP contribution in [0.2, 0.25) is 0 Å². The van der Waals surface area contributed by atoms with Crippen LogP contribution in [0.15, 0.2) is 30.3 Å². The summed E-state index contributed by atoms with van der Waals surface area (Å²) in [5, 5.41) is 3.05. The fourth-order valence-electron chi connectivity index (χ4n) is 3.53. The van der Waals surface area contributed by atoms with Crippen LogP contribution in [-0.2, 0) is 0 Å². The Morgan fingerprint density at radius 1 is 0.960 bits per heavy atom. The first-order valence-corrected chi connectivity index (χ1v) is 9.26. The van der Waals surface area contributed by atoms with Gasteiger partial charge in [0.15, 0.2) is 0 Å². The van der Waals surface area contributed by atoms with Crippen molar-refractivity contribution in [2.75, 3.05) is 45.8 Å². The van der Waals surface area contributed by atoms with Crippen LogP contribution >= 0.6 is 0 Å². The molecule has 0 aliphatic carbocycles. The molecular weight excluding hydrogens is 316 g/mol. The Kier molecular flexibility index (Phi) is 5.91. The Morgan fingerprint density at radius 2 is 1.56 bits per heavy atom. The summed E-state index contributed by atoms with van der Waals surface area (Å²) in [7, 11) is 0. The van der Waals surface area contributed by atoms with Gasteiger partial charge in [0, 0.05) is 44.3 Å². The molecule has 1 atom stereocenters. The zero-order chi connectivity index (χ0) is 17.6. The minimum Gasteiger partial charge on any atom is -0.336 e. The van der Waals surface area contributed by atoms with E-state index in [1.54, 1.807) is 0 Å². The number of nitrogens with zero attached hydrogens (tertiary/aromatic N) is 3. The van der Waals surface area contributed by atoms with Gasteiger partial charge in [-0.3, -0.25) is 9.69 Å². The van der Waals surface area contributed by atoms with E-state index < -0.39 is 0 Å². The summed E-state index contributed by atoms with van der Waals surface area (Å²) in [6.45, 7) is 7.47. The Labute approximate surface area is 149 Å². The van der Waals surface area contributed by atoms with Crippen molar-refractivity contribution in [1.29, 1.82) is 0 Å². The summed E-state index contributed by atoms with van der Waals surface area (Å²) >= 11 is 0. The van der Waals surface area contributed by atoms with Crippen LogP contribution in [-0.4, -0.2) is 78.5 Å². The quantitative estimate of drug-likeness (QED) is 0.903. The maximum absolute atomic E-state index is 12.4. The van der Waals surface area contributed by atoms with Crippen molar-refractivity contribution in [2.24, 2.45) is 0 Å². The second-order valence-electron chi connectivity index (χ2n) is 6.92. The molecule has 3 rings (SSSR count). The fourth-order valence-corrected chi connectivity index (χ4v) is 3.53. The molecule has 2 aliphatic heterocycles. The molecule has 25 heavy (non-hydrogen) atoms. The minimum absolute atomic E-state index is 0.0159. The fraction of sp³-hybridized carbons (Fsp3) is 0.579. The van der Waals surface area contributed by atoms with Gasteiger partial charge in [0.1, 0.15) is 0 Å². The summed E-state index contributed by atoms with van der Waals surface area (Å²) in [4.78, 5) is 30.9. The molecule has 1 N–H and O–H groups in total. The van der Waals surface area contributed by atoms with Gasteiger partial charge in [0.2, 0.25) is 0 Å². The number of piperazine rings is 1. The van der Waals surface area contributed by atoms with E-state index in [1.165, 1.54) is 12.8 Å². The molecule has 1 aromatic carbocycles. The average molecular weight is 344 g/mol. The van der Waals surface area contributed by atoms with Crippen molar-refractivity contribution >= 4 is 11.9 Å². The normalized spacial score (nSPS) is 19.7. The Bertz CT molecular complexity index is 578. The van der Waals surface area contributed by atoms with Gasteiger partial charge in [0.25, 0.3) is 5.91 Å². The highest BCUT2D eigenvalue weighted by Crippen LogP contribution is 2.11. The van der Waals surface area contributed by atoms with Crippen molar-refractivity contribution in [3.63, 3.8) is 0 Å². The van der Waals surface area contributed by atoms with Crippen molar-refractivity contribution in [3.8, 4) is 0 Å². The van der Waals surface area contributed by atoms with Gasteiger partial charge < -0.3 is 15.1 Å². The largest absolute Gasteiger partial charge is 0.336 e. The summed E-state index contributed by atoms with van der Waals surface area (Å²) in [5.41, 5.74) is 0.708. The second kappa shape index (κ2) is 8.34. The van der Waals surface area contributed by atoms with E-state index in [0.29, 0.717) is 44.3 Å². The number of amides is 3. The van der Waals surface area contributed by atoms with Crippen LogP contribution in [0, 0.1) is 0 Å². The van der Waals surface area contributed by atoms with E-state index in [9.17, 15) is 9.59 Å².